The molecule has 0 aliphatic heterocycles. The summed E-state index contributed by atoms with van der Waals surface area (Å²) >= 11 is 3.21. The van der Waals surface area contributed by atoms with Gasteiger partial charge in [0.2, 0.25) is 0 Å². The van der Waals surface area contributed by atoms with Gasteiger partial charge in [0.1, 0.15) is 4.60 Å². The van der Waals surface area contributed by atoms with E-state index in [1.165, 1.54) is 13.2 Å². The topological polar surface area (TPSA) is 55.2 Å². The van der Waals surface area contributed by atoms with Crippen molar-refractivity contribution < 1.29 is 9.84 Å². The summed E-state index contributed by atoms with van der Waals surface area (Å²) in [6.45, 7) is 0. The van der Waals surface area contributed by atoms with Crippen LogP contribution in [0.2, 0.25) is 0 Å². The van der Waals surface area contributed by atoms with Crippen molar-refractivity contribution in [3.63, 3.8) is 0 Å². The van der Waals surface area contributed by atoms with Crippen LogP contribution in [-0.2, 0) is 0 Å². The smallest absolute Gasteiger partial charge is 0.162 e. The minimum Gasteiger partial charge on any atom is -0.504 e. The van der Waals surface area contributed by atoms with Crippen molar-refractivity contribution >= 4 is 27.0 Å². The van der Waals surface area contributed by atoms with E-state index in [0.29, 0.717) is 21.4 Å². The molecule has 0 aliphatic carbocycles. The molecule has 0 saturated heterocycles. The summed E-state index contributed by atoms with van der Waals surface area (Å²) in [5.41, 5.74) is 1.31. The fourth-order valence-electron chi connectivity index (χ4n) is 1.17. The lowest BCUT2D eigenvalue weighted by Crippen LogP contribution is -1.88. The van der Waals surface area contributed by atoms with Crippen molar-refractivity contribution in [2.24, 2.45) is 0 Å². The molecule has 0 aliphatic rings. The van der Waals surface area contributed by atoms with Crippen LogP contribution in [0.4, 0.5) is 0 Å². The first-order valence-electron chi connectivity index (χ1n) is 3.90. The third-order valence-electron chi connectivity index (χ3n) is 1.81. The standard InChI is InChI=1S/C9H7BrN2O2/c1-14-8-3-5-6(2-7(8)13)12-9(10)4-11-5/h2-4,13H,1H3. The number of phenols is 1. The lowest BCUT2D eigenvalue weighted by atomic mass is 10.2. The molecule has 1 N–H and O–H groups in total. The molecule has 0 saturated carbocycles. The van der Waals surface area contributed by atoms with Crippen LogP contribution >= 0.6 is 15.9 Å². The number of hydrogen-bond donors (Lipinski definition) is 1. The second-order valence-electron chi connectivity index (χ2n) is 2.71. The molecule has 0 atom stereocenters. The van der Waals surface area contributed by atoms with Crippen molar-refractivity contribution in [1.82, 2.24) is 9.97 Å². The molecule has 1 aromatic carbocycles. The fraction of sp³-hybridized carbons (Fsp3) is 0.111. The third kappa shape index (κ3) is 1.50. The quantitative estimate of drug-likeness (QED) is 0.847. The number of ether oxygens (including phenoxy) is 1. The molecule has 5 heteroatoms. The number of benzene rings is 1. The van der Waals surface area contributed by atoms with E-state index < -0.39 is 0 Å². The number of fused-ring (bicyclic) bond motifs is 1. The summed E-state index contributed by atoms with van der Waals surface area (Å²) in [5.74, 6) is 0.460. The first kappa shape index (κ1) is 9.21. The van der Waals surface area contributed by atoms with E-state index in [4.69, 9.17) is 4.74 Å². The average Bonchev–Trinajstić information content (AvgIpc) is 2.16. The SMILES string of the molecule is COc1cc2ncc(Br)nc2cc1O. The molecule has 0 unspecified atom stereocenters. The Kier molecular flexibility index (Phi) is 2.25. The highest BCUT2D eigenvalue weighted by Gasteiger charge is 2.05. The largest absolute Gasteiger partial charge is 0.504 e. The predicted molar refractivity (Wildman–Crippen MR) is 55.5 cm³/mol. The number of phenolic OH excluding ortho intramolecular Hbond substituents is 1. The van der Waals surface area contributed by atoms with Gasteiger partial charge in [-0.05, 0) is 15.9 Å². The van der Waals surface area contributed by atoms with Gasteiger partial charge in [0.05, 0.1) is 24.3 Å². The van der Waals surface area contributed by atoms with Gasteiger partial charge in [-0.15, -0.1) is 0 Å². The van der Waals surface area contributed by atoms with Gasteiger partial charge in [0.15, 0.2) is 11.5 Å². The van der Waals surface area contributed by atoms with Crippen molar-refractivity contribution in [3.8, 4) is 11.5 Å². The van der Waals surface area contributed by atoms with Crippen LogP contribution in [0.25, 0.3) is 11.0 Å². The monoisotopic (exact) mass is 254 g/mol. The molecule has 14 heavy (non-hydrogen) atoms. The highest BCUT2D eigenvalue weighted by atomic mass is 79.9. The number of aromatic nitrogens is 2. The number of halogens is 1. The van der Waals surface area contributed by atoms with Crippen LogP contribution in [0.1, 0.15) is 0 Å². The van der Waals surface area contributed by atoms with E-state index in [0.717, 1.165) is 0 Å². The molecule has 0 spiro atoms. The molecule has 0 fully saturated rings. The summed E-state index contributed by atoms with van der Waals surface area (Å²) in [6.07, 6.45) is 1.60. The van der Waals surface area contributed by atoms with E-state index in [-0.39, 0.29) is 5.75 Å². The van der Waals surface area contributed by atoms with E-state index in [1.807, 2.05) is 0 Å². The molecular weight excluding hydrogens is 248 g/mol. The van der Waals surface area contributed by atoms with E-state index >= 15 is 0 Å². The van der Waals surface area contributed by atoms with Gasteiger partial charge >= 0.3 is 0 Å². The van der Waals surface area contributed by atoms with Crippen LogP contribution < -0.4 is 4.74 Å². The first-order chi connectivity index (χ1) is 6.70. The van der Waals surface area contributed by atoms with Crippen LogP contribution in [0, 0.1) is 0 Å². The van der Waals surface area contributed by atoms with Crippen LogP contribution in [0.5, 0.6) is 11.5 Å². The lowest BCUT2D eigenvalue weighted by Gasteiger charge is -2.04. The summed E-state index contributed by atoms with van der Waals surface area (Å²) < 4.78 is 5.59. The zero-order valence-electron chi connectivity index (χ0n) is 7.36. The van der Waals surface area contributed by atoms with Crippen molar-refractivity contribution in [3.05, 3.63) is 22.9 Å². The number of methoxy groups -OCH3 is 1. The summed E-state index contributed by atoms with van der Waals surface area (Å²) in [6, 6.07) is 3.16. The van der Waals surface area contributed by atoms with Gasteiger partial charge in [-0.3, -0.25) is 4.98 Å². The fourth-order valence-corrected chi connectivity index (χ4v) is 1.46. The Morgan fingerprint density at radius 2 is 2.14 bits per heavy atom. The molecule has 2 rings (SSSR count). The Bertz CT molecular complexity index is 487. The zero-order chi connectivity index (χ0) is 10.1. The number of nitrogens with zero attached hydrogens (tertiary/aromatic N) is 2. The molecule has 4 nitrogen and oxygen atoms in total. The minimum absolute atomic E-state index is 0.0624. The molecular formula is C9H7BrN2O2. The predicted octanol–water partition coefficient (Wildman–Crippen LogP) is 2.11. The van der Waals surface area contributed by atoms with Crippen LogP contribution in [0.15, 0.2) is 22.9 Å². The Morgan fingerprint density at radius 3 is 2.86 bits per heavy atom. The number of rotatable bonds is 1. The van der Waals surface area contributed by atoms with Gasteiger partial charge in [-0.25, -0.2) is 4.98 Å². The molecule has 1 heterocycles. The molecule has 2 aromatic rings. The Balaban J connectivity index is 2.73. The second kappa shape index (κ2) is 3.42. The molecule has 0 bridgehead atoms. The number of hydrogen-bond acceptors (Lipinski definition) is 4. The molecule has 0 amide bonds. The van der Waals surface area contributed by atoms with E-state index in [1.54, 1.807) is 12.3 Å². The van der Waals surface area contributed by atoms with Crippen molar-refractivity contribution in [2.45, 2.75) is 0 Å². The van der Waals surface area contributed by atoms with Gasteiger partial charge < -0.3 is 9.84 Å². The maximum Gasteiger partial charge on any atom is 0.162 e. The summed E-state index contributed by atoms with van der Waals surface area (Å²) in [5, 5.41) is 9.49. The summed E-state index contributed by atoms with van der Waals surface area (Å²) in [4.78, 5) is 8.28. The molecule has 0 radical (unpaired) electrons. The van der Waals surface area contributed by atoms with E-state index in [9.17, 15) is 5.11 Å². The third-order valence-corrected chi connectivity index (χ3v) is 2.20. The van der Waals surface area contributed by atoms with Crippen molar-refractivity contribution in [2.75, 3.05) is 7.11 Å². The van der Waals surface area contributed by atoms with Crippen LogP contribution in [-0.4, -0.2) is 22.2 Å². The average molecular weight is 255 g/mol. The van der Waals surface area contributed by atoms with Gasteiger partial charge in [-0.2, -0.15) is 0 Å². The van der Waals surface area contributed by atoms with Gasteiger partial charge in [0.25, 0.3) is 0 Å². The van der Waals surface area contributed by atoms with Crippen molar-refractivity contribution in [1.29, 1.82) is 0 Å². The normalized spacial score (nSPS) is 10.4. The Hall–Kier alpha value is -1.36. The first-order valence-corrected chi connectivity index (χ1v) is 4.69. The second-order valence-corrected chi connectivity index (χ2v) is 3.52. The van der Waals surface area contributed by atoms with Gasteiger partial charge in [0, 0.05) is 12.1 Å². The number of aromatic hydroxyl groups is 1. The van der Waals surface area contributed by atoms with E-state index in [2.05, 4.69) is 25.9 Å². The minimum atomic E-state index is 0.0624. The van der Waals surface area contributed by atoms with Crippen LogP contribution in [0.3, 0.4) is 0 Å². The van der Waals surface area contributed by atoms with Gasteiger partial charge in [-0.1, -0.05) is 0 Å². The lowest BCUT2D eigenvalue weighted by molar-refractivity contribution is 0.374. The zero-order valence-corrected chi connectivity index (χ0v) is 8.95. The highest BCUT2D eigenvalue weighted by molar-refractivity contribution is 9.10. The highest BCUT2D eigenvalue weighted by Crippen LogP contribution is 2.29. The summed E-state index contributed by atoms with van der Waals surface area (Å²) in [7, 11) is 1.49. The maximum absolute atomic E-state index is 9.49. The Labute approximate surface area is 88.7 Å². The molecule has 72 valence electrons. The molecule has 1 aromatic heterocycles. The Morgan fingerprint density at radius 1 is 1.36 bits per heavy atom. The maximum atomic E-state index is 9.49.